The smallest absolute Gasteiger partial charge is 0.416 e. The summed E-state index contributed by atoms with van der Waals surface area (Å²) < 4.78 is 89.8. The van der Waals surface area contributed by atoms with Crippen molar-refractivity contribution in [3.05, 3.63) is 65.2 Å². The SMILES string of the molecule is O=C(Cc1cc(C(F)(F)F)cc(C(F)(F)F)c1)N[C@H](CC[S@@](=O)c1ccccc1)C(=O)O. The fourth-order valence-corrected chi connectivity index (χ4v) is 3.87. The molecule has 0 aromatic heterocycles. The van der Waals surface area contributed by atoms with Gasteiger partial charge in [0.2, 0.25) is 5.91 Å². The van der Waals surface area contributed by atoms with Gasteiger partial charge in [-0.1, -0.05) is 18.2 Å². The van der Waals surface area contributed by atoms with Crippen molar-refractivity contribution in [3.63, 3.8) is 0 Å². The van der Waals surface area contributed by atoms with Crippen LogP contribution in [0.1, 0.15) is 23.1 Å². The molecule has 0 saturated heterocycles. The van der Waals surface area contributed by atoms with Gasteiger partial charge in [0, 0.05) is 10.6 Å². The quantitative estimate of drug-likeness (QED) is 0.558. The van der Waals surface area contributed by atoms with Crippen molar-refractivity contribution in [2.45, 2.75) is 36.1 Å². The lowest BCUT2D eigenvalue weighted by molar-refractivity contribution is -0.143. The number of carbonyl (C=O) groups is 2. The van der Waals surface area contributed by atoms with E-state index in [9.17, 15) is 45.2 Å². The number of hydrogen-bond acceptors (Lipinski definition) is 3. The highest BCUT2D eigenvalue weighted by Gasteiger charge is 2.37. The van der Waals surface area contributed by atoms with Crippen LogP contribution in [0.15, 0.2) is 53.4 Å². The summed E-state index contributed by atoms with van der Waals surface area (Å²) in [6.45, 7) is 0. The minimum Gasteiger partial charge on any atom is -0.480 e. The summed E-state index contributed by atoms with van der Waals surface area (Å²) in [6.07, 6.45) is -11.3. The van der Waals surface area contributed by atoms with Crippen molar-refractivity contribution in [1.82, 2.24) is 5.32 Å². The van der Waals surface area contributed by atoms with Crippen LogP contribution >= 0.6 is 0 Å². The Bertz CT molecular complexity index is 960. The third kappa shape index (κ3) is 7.36. The Morgan fingerprint density at radius 3 is 1.94 bits per heavy atom. The first-order chi connectivity index (χ1) is 14.8. The maximum atomic E-state index is 12.9. The lowest BCUT2D eigenvalue weighted by atomic mass is 10.0. The zero-order valence-corrected chi connectivity index (χ0v) is 17.0. The van der Waals surface area contributed by atoms with Crippen LogP contribution in [0.5, 0.6) is 0 Å². The van der Waals surface area contributed by atoms with Gasteiger partial charge in [0.15, 0.2) is 0 Å². The van der Waals surface area contributed by atoms with E-state index in [4.69, 9.17) is 0 Å². The third-order valence-electron chi connectivity index (χ3n) is 4.24. The average molecular weight is 481 g/mol. The molecule has 0 spiro atoms. The van der Waals surface area contributed by atoms with Crippen molar-refractivity contribution in [1.29, 1.82) is 0 Å². The van der Waals surface area contributed by atoms with Crippen molar-refractivity contribution in [2.24, 2.45) is 0 Å². The summed E-state index contributed by atoms with van der Waals surface area (Å²) in [4.78, 5) is 24.0. The monoisotopic (exact) mass is 481 g/mol. The molecule has 1 amide bonds. The highest BCUT2D eigenvalue weighted by molar-refractivity contribution is 7.85. The van der Waals surface area contributed by atoms with Gasteiger partial charge < -0.3 is 10.4 Å². The number of alkyl halides is 6. The fourth-order valence-electron chi connectivity index (χ4n) is 2.72. The van der Waals surface area contributed by atoms with Crippen LogP contribution in [-0.4, -0.2) is 33.0 Å². The first-order valence-corrected chi connectivity index (χ1v) is 10.3. The maximum Gasteiger partial charge on any atom is 0.416 e. The topological polar surface area (TPSA) is 83.5 Å². The second-order valence-electron chi connectivity index (χ2n) is 6.70. The zero-order chi connectivity index (χ0) is 24.1. The van der Waals surface area contributed by atoms with Gasteiger partial charge in [-0.05, 0) is 42.3 Å². The second kappa shape index (κ2) is 10.2. The van der Waals surface area contributed by atoms with E-state index in [0.29, 0.717) is 17.0 Å². The van der Waals surface area contributed by atoms with Crippen molar-refractivity contribution >= 4 is 22.7 Å². The largest absolute Gasteiger partial charge is 0.480 e. The predicted molar refractivity (Wildman–Crippen MR) is 102 cm³/mol. The van der Waals surface area contributed by atoms with Crippen LogP contribution < -0.4 is 5.32 Å². The van der Waals surface area contributed by atoms with Crippen LogP contribution in [0.4, 0.5) is 26.3 Å². The molecule has 0 radical (unpaired) electrons. The molecule has 0 aliphatic rings. The van der Waals surface area contributed by atoms with Crippen molar-refractivity contribution in [2.75, 3.05) is 5.75 Å². The number of carboxylic acid groups (broad SMARTS) is 1. The van der Waals surface area contributed by atoms with Crippen LogP contribution in [0.2, 0.25) is 0 Å². The van der Waals surface area contributed by atoms with Gasteiger partial charge in [0.1, 0.15) is 6.04 Å². The Morgan fingerprint density at radius 1 is 0.938 bits per heavy atom. The molecule has 0 unspecified atom stereocenters. The minimum absolute atomic E-state index is 0.0691. The molecule has 0 bridgehead atoms. The van der Waals surface area contributed by atoms with E-state index < -0.39 is 64.2 Å². The van der Waals surface area contributed by atoms with E-state index in [2.05, 4.69) is 5.32 Å². The molecule has 0 aliphatic heterocycles. The predicted octanol–water partition coefficient (Wildman–Crippen LogP) is 4.03. The lowest BCUT2D eigenvalue weighted by Gasteiger charge is -2.16. The van der Waals surface area contributed by atoms with Crippen LogP contribution in [0.3, 0.4) is 0 Å². The molecule has 174 valence electrons. The molecular formula is C20H17F6NO4S. The first-order valence-electron chi connectivity index (χ1n) is 9.01. The molecule has 0 saturated carbocycles. The van der Waals surface area contributed by atoms with E-state index in [1.807, 2.05) is 0 Å². The fraction of sp³-hybridized carbons (Fsp3) is 0.300. The molecule has 2 aromatic rings. The second-order valence-corrected chi connectivity index (χ2v) is 8.27. The van der Waals surface area contributed by atoms with Gasteiger partial charge in [-0.2, -0.15) is 26.3 Å². The van der Waals surface area contributed by atoms with Gasteiger partial charge in [0.25, 0.3) is 0 Å². The van der Waals surface area contributed by atoms with Crippen molar-refractivity contribution < 1.29 is 45.2 Å². The summed E-state index contributed by atoms with van der Waals surface area (Å²) in [6, 6.07) is 7.29. The van der Waals surface area contributed by atoms with Crippen LogP contribution in [0, 0.1) is 0 Å². The normalized spacial score (nSPS) is 13.9. The summed E-state index contributed by atoms with van der Waals surface area (Å²) >= 11 is 0. The minimum atomic E-state index is -5.07. The number of aliphatic carboxylic acids is 1. The van der Waals surface area contributed by atoms with Gasteiger partial charge in [0.05, 0.1) is 28.3 Å². The Balaban J connectivity index is 2.11. The van der Waals surface area contributed by atoms with E-state index in [1.54, 1.807) is 30.3 Å². The molecule has 2 atom stereocenters. The third-order valence-corrected chi connectivity index (χ3v) is 5.65. The molecule has 2 rings (SSSR count). The molecule has 32 heavy (non-hydrogen) atoms. The molecule has 0 fully saturated rings. The number of nitrogens with one attached hydrogen (secondary N) is 1. The van der Waals surface area contributed by atoms with E-state index in [1.165, 1.54) is 0 Å². The van der Waals surface area contributed by atoms with Gasteiger partial charge in [-0.25, -0.2) is 4.79 Å². The molecule has 5 nitrogen and oxygen atoms in total. The standard InChI is InChI=1S/C20H17F6NO4S/c21-19(22,23)13-8-12(9-14(11-13)20(24,25)26)10-17(28)27-16(18(29)30)6-7-32(31)15-4-2-1-3-5-15/h1-5,8-9,11,16H,6-7,10H2,(H,27,28)(H,29,30)/t16-,32-/m1/s1. The number of rotatable bonds is 8. The summed E-state index contributed by atoms with van der Waals surface area (Å²) in [5.74, 6) is -2.71. The number of benzene rings is 2. The number of amides is 1. The molecule has 12 heteroatoms. The zero-order valence-electron chi connectivity index (χ0n) is 16.2. The highest BCUT2D eigenvalue weighted by Crippen LogP contribution is 2.36. The Kier molecular flexibility index (Phi) is 8.05. The Morgan fingerprint density at radius 2 is 1.47 bits per heavy atom. The Hall–Kier alpha value is -2.89. The highest BCUT2D eigenvalue weighted by atomic mass is 32.2. The summed E-state index contributed by atoms with van der Waals surface area (Å²) in [5.41, 5.74) is -3.74. The Labute approximate surface area is 180 Å². The van der Waals surface area contributed by atoms with Gasteiger partial charge in [-0.3, -0.25) is 9.00 Å². The summed E-state index contributed by atoms with van der Waals surface area (Å²) in [5, 5.41) is 11.3. The average Bonchev–Trinajstić information content (AvgIpc) is 2.69. The molecule has 0 aliphatic carbocycles. The van der Waals surface area contributed by atoms with Crippen LogP contribution in [0.25, 0.3) is 0 Å². The van der Waals surface area contributed by atoms with E-state index in [-0.39, 0.29) is 18.2 Å². The molecular weight excluding hydrogens is 464 g/mol. The number of halogens is 6. The molecule has 2 aromatic carbocycles. The van der Waals surface area contributed by atoms with Gasteiger partial charge >= 0.3 is 18.3 Å². The molecule has 2 N–H and O–H groups in total. The molecule has 0 heterocycles. The number of hydrogen-bond donors (Lipinski definition) is 2. The first kappa shape index (κ1) is 25.4. The number of carbonyl (C=O) groups excluding carboxylic acids is 1. The van der Waals surface area contributed by atoms with E-state index >= 15 is 0 Å². The van der Waals surface area contributed by atoms with Gasteiger partial charge in [-0.15, -0.1) is 0 Å². The summed E-state index contributed by atoms with van der Waals surface area (Å²) in [7, 11) is -1.56. The maximum absolute atomic E-state index is 12.9. The van der Waals surface area contributed by atoms with Crippen LogP contribution in [-0.2, 0) is 39.2 Å². The lowest BCUT2D eigenvalue weighted by Crippen LogP contribution is -2.42. The van der Waals surface area contributed by atoms with Crippen molar-refractivity contribution in [3.8, 4) is 0 Å². The van der Waals surface area contributed by atoms with E-state index in [0.717, 1.165) is 0 Å². The number of carboxylic acids is 1.